The third kappa shape index (κ3) is 4.34. The normalized spacial score (nSPS) is 15.0. The van der Waals surface area contributed by atoms with E-state index in [1.54, 1.807) is 0 Å². The molecular weight excluding hydrogens is 309 g/mol. The zero-order valence-corrected chi connectivity index (χ0v) is 11.5. The van der Waals surface area contributed by atoms with Crippen LogP contribution in [0, 0.1) is 5.92 Å². The van der Waals surface area contributed by atoms with Crippen LogP contribution < -0.4 is 0 Å². The molecule has 0 aromatic carbocycles. The number of halogens is 7. The van der Waals surface area contributed by atoms with E-state index in [4.69, 9.17) is 0 Å². The number of carbonyl (C=O) groups is 1. The molecule has 0 radical (unpaired) electrons. The van der Waals surface area contributed by atoms with Crippen LogP contribution in [0.1, 0.15) is 27.2 Å². The molecule has 0 saturated carbocycles. The average molecular weight is 324 g/mol. The van der Waals surface area contributed by atoms with Gasteiger partial charge in [-0.1, -0.05) is 20.4 Å². The number of carbonyl (C=O) groups excluding carboxylic acids is 1. The molecule has 1 unspecified atom stereocenters. The first-order valence-electron chi connectivity index (χ1n) is 5.83. The lowest BCUT2D eigenvalue weighted by atomic mass is 9.90. The summed E-state index contributed by atoms with van der Waals surface area (Å²) in [7, 11) is 0. The average Bonchev–Trinajstić information content (AvgIpc) is 2.22. The predicted octanol–water partition coefficient (Wildman–Crippen LogP) is 4.35. The molecule has 0 amide bonds. The van der Waals surface area contributed by atoms with Crippen molar-refractivity contribution in [3.63, 3.8) is 0 Å². The standard InChI is InChI=1S/C12H15F7O2/c1-6(2)5-8(21-9(20)7(3)4)10(13,11(14,15)16)12(17,18)19/h6,8H,3,5H2,1-2,4H3. The van der Waals surface area contributed by atoms with Gasteiger partial charge in [-0.25, -0.2) is 9.18 Å². The quantitative estimate of drug-likeness (QED) is 0.427. The molecule has 0 aromatic heterocycles. The van der Waals surface area contributed by atoms with Crippen molar-refractivity contribution in [2.75, 3.05) is 0 Å². The Labute approximate surface area is 116 Å². The maximum absolute atomic E-state index is 13.9. The summed E-state index contributed by atoms with van der Waals surface area (Å²) in [6.07, 6.45) is -16.5. The van der Waals surface area contributed by atoms with E-state index in [0.29, 0.717) is 0 Å². The summed E-state index contributed by atoms with van der Waals surface area (Å²) in [5.74, 6) is -2.29. The van der Waals surface area contributed by atoms with E-state index in [9.17, 15) is 35.5 Å². The van der Waals surface area contributed by atoms with Crippen LogP contribution >= 0.6 is 0 Å². The van der Waals surface area contributed by atoms with Gasteiger partial charge in [0.15, 0.2) is 6.10 Å². The van der Waals surface area contributed by atoms with Gasteiger partial charge < -0.3 is 4.74 Å². The molecule has 0 aliphatic heterocycles. The lowest BCUT2D eigenvalue weighted by Crippen LogP contribution is -2.62. The number of rotatable bonds is 5. The van der Waals surface area contributed by atoms with Crippen LogP contribution in [-0.4, -0.2) is 30.1 Å². The first-order valence-corrected chi connectivity index (χ1v) is 5.83. The van der Waals surface area contributed by atoms with Crippen LogP contribution in [-0.2, 0) is 9.53 Å². The molecule has 9 heteroatoms. The summed E-state index contributed by atoms with van der Waals surface area (Å²) in [5.41, 5.74) is -6.08. The van der Waals surface area contributed by atoms with Gasteiger partial charge in [0, 0.05) is 5.57 Å². The van der Waals surface area contributed by atoms with E-state index >= 15 is 0 Å². The van der Waals surface area contributed by atoms with E-state index < -0.39 is 48.0 Å². The van der Waals surface area contributed by atoms with Gasteiger partial charge in [0.1, 0.15) is 0 Å². The highest BCUT2D eigenvalue weighted by Gasteiger charge is 2.77. The molecule has 0 heterocycles. The minimum absolute atomic E-state index is 0.435. The van der Waals surface area contributed by atoms with Crippen molar-refractivity contribution in [2.45, 2.75) is 51.3 Å². The lowest BCUT2D eigenvalue weighted by molar-refractivity contribution is -0.365. The molecule has 0 aliphatic rings. The molecule has 0 rings (SSSR count). The Morgan fingerprint density at radius 2 is 1.43 bits per heavy atom. The van der Waals surface area contributed by atoms with Crippen LogP contribution in [0.4, 0.5) is 30.7 Å². The van der Waals surface area contributed by atoms with Gasteiger partial charge >= 0.3 is 24.0 Å². The molecular formula is C12H15F7O2. The number of hydrogen-bond donors (Lipinski definition) is 0. The zero-order valence-electron chi connectivity index (χ0n) is 11.5. The topological polar surface area (TPSA) is 26.3 Å². The Hall–Kier alpha value is -1.28. The minimum atomic E-state index is -6.28. The zero-order chi connectivity index (χ0) is 17.2. The van der Waals surface area contributed by atoms with Gasteiger partial charge in [0.2, 0.25) is 0 Å². The van der Waals surface area contributed by atoms with Crippen LogP contribution in [0.2, 0.25) is 0 Å². The highest BCUT2D eigenvalue weighted by molar-refractivity contribution is 5.87. The first kappa shape index (κ1) is 19.7. The number of alkyl halides is 7. The number of ether oxygens (including phenoxy) is 1. The maximum atomic E-state index is 13.9. The molecule has 0 aromatic rings. The Balaban J connectivity index is 5.82. The Kier molecular flexibility index (Phi) is 5.85. The second kappa shape index (κ2) is 6.23. The molecule has 124 valence electrons. The van der Waals surface area contributed by atoms with E-state index in [1.807, 2.05) is 0 Å². The summed E-state index contributed by atoms with van der Waals surface area (Å²) >= 11 is 0. The number of hydrogen-bond acceptors (Lipinski definition) is 2. The van der Waals surface area contributed by atoms with Crippen LogP contribution in [0.15, 0.2) is 12.2 Å². The molecule has 0 spiro atoms. The monoisotopic (exact) mass is 324 g/mol. The minimum Gasteiger partial charge on any atom is -0.455 e. The molecule has 0 saturated heterocycles. The highest BCUT2D eigenvalue weighted by atomic mass is 19.4. The molecule has 21 heavy (non-hydrogen) atoms. The fraction of sp³-hybridized carbons (Fsp3) is 0.750. The Morgan fingerprint density at radius 1 is 1.05 bits per heavy atom. The number of esters is 1. The highest BCUT2D eigenvalue weighted by Crippen LogP contribution is 2.50. The van der Waals surface area contributed by atoms with Crippen molar-refractivity contribution >= 4 is 5.97 Å². The van der Waals surface area contributed by atoms with E-state index in [-0.39, 0.29) is 0 Å². The summed E-state index contributed by atoms with van der Waals surface area (Å²) in [6, 6.07) is 0. The van der Waals surface area contributed by atoms with E-state index in [0.717, 1.165) is 6.92 Å². The summed E-state index contributed by atoms with van der Waals surface area (Å²) in [5, 5.41) is 0. The van der Waals surface area contributed by atoms with Gasteiger partial charge in [-0.05, 0) is 19.3 Å². The largest absolute Gasteiger partial charge is 0.455 e. The fourth-order valence-corrected chi connectivity index (χ4v) is 1.48. The smallest absolute Gasteiger partial charge is 0.435 e. The summed E-state index contributed by atoms with van der Waals surface area (Å²) < 4.78 is 93.8. The van der Waals surface area contributed by atoms with Crippen molar-refractivity contribution in [2.24, 2.45) is 5.92 Å². The Bertz CT molecular complexity index is 381. The third-order valence-corrected chi connectivity index (χ3v) is 2.55. The van der Waals surface area contributed by atoms with Gasteiger partial charge in [0.05, 0.1) is 0 Å². The first-order chi connectivity index (χ1) is 9.14. The van der Waals surface area contributed by atoms with Gasteiger partial charge in [0.25, 0.3) is 0 Å². The predicted molar refractivity (Wildman–Crippen MR) is 60.1 cm³/mol. The molecule has 1 atom stereocenters. The third-order valence-electron chi connectivity index (χ3n) is 2.55. The van der Waals surface area contributed by atoms with Gasteiger partial charge in [-0.3, -0.25) is 0 Å². The molecule has 0 N–H and O–H groups in total. The van der Waals surface area contributed by atoms with Crippen LogP contribution in [0.5, 0.6) is 0 Å². The van der Waals surface area contributed by atoms with Crippen molar-refractivity contribution in [1.82, 2.24) is 0 Å². The molecule has 0 aliphatic carbocycles. The second-order valence-electron chi connectivity index (χ2n) is 5.01. The Morgan fingerprint density at radius 3 is 1.67 bits per heavy atom. The fourth-order valence-electron chi connectivity index (χ4n) is 1.48. The van der Waals surface area contributed by atoms with E-state index in [1.165, 1.54) is 13.8 Å². The van der Waals surface area contributed by atoms with Crippen LogP contribution in [0.3, 0.4) is 0 Å². The van der Waals surface area contributed by atoms with Crippen molar-refractivity contribution < 1.29 is 40.3 Å². The van der Waals surface area contributed by atoms with E-state index in [2.05, 4.69) is 11.3 Å². The second-order valence-corrected chi connectivity index (χ2v) is 5.01. The maximum Gasteiger partial charge on any atom is 0.435 e. The van der Waals surface area contributed by atoms with Crippen molar-refractivity contribution in [3.8, 4) is 0 Å². The lowest BCUT2D eigenvalue weighted by Gasteiger charge is -2.36. The van der Waals surface area contributed by atoms with Gasteiger partial charge in [-0.2, -0.15) is 26.3 Å². The van der Waals surface area contributed by atoms with Gasteiger partial charge in [-0.15, -0.1) is 0 Å². The van der Waals surface area contributed by atoms with Crippen molar-refractivity contribution in [3.05, 3.63) is 12.2 Å². The summed E-state index contributed by atoms with van der Waals surface area (Å²) in [4.78, 5) is 11.2. The molecule has 2 nitrogen and oxygen atoms in total. The molecule has 0 bridgehead atoms. The SMILES string of the molecule is C=C(C)C(=O)OC(CC(C)C)C(F)(C(F)(F)F)C(F)(F)F. The van der Waals surface area contributed by atoms with Crippen LogP contribution in [0.25, 0.3) is 0 Å². The molecule has 0 fully saturated rings. The summed E-state index contributed by atoms with van der Waals surface area (Å²) in [6.45, 7) is 6.60. The van der Waals surface area contributed by atoms with Crippen molar-refractivity contribution in [1.29, 1.82) is 0 Å².